The van der Waals surface area contributed by atoms with Crippen molar-refractivity contribution in [2.75, 3.05) is 5.32 Å². The van der Waals surface area contributed by atoms with Gasteiger partial charge in [0, 0.05) is 23.0 Å². The van der Waals surface area contributed by atoms with Gasteiger partial charge >= 0.3 is 0 Å². The maximum atomic E-state index is 13.1. The number of pyridine rings is 1. The molecule has 6 heteroatoms. The van der Waals surface area contributed by atoms with Crippen molar-refractivity contribution in [3.8, 4) is 0 Å². The number of benzene rings is 1. The summed E-state index contributed by atoms with van der Waals surface area (Å²) in [6.07, 6.45) is 1.39. The highest BCUT2D eigenvalue weighted by Gasteiger charge is 2.17. The van der Waals surface area contributed by atoms with Crippen molar-refractivity contribution in [2.45, 2.75) is 26.3 Å². The molecular formula is C17H18FN3O2. The van der Waals surface area contributed by atoms with Gasteiger partial charge in [-0.1, -0.05) is 6.07 Å². The molecule has 1 aromatic carbocycles. The molecule has 0 saturated carbocycles. The molecule has 0 aliphatic rings. The summed E-state index contributed by atoms with van der Waals surface area (Å²) in [5.41, 5.74) is 0.348. The van der Waals surface area contributed by atoms with Gasteiger partial charge in [-0.2, -0.15) is 0 Å². The molecule has 0 bridgehead atoms. The Labute approximate surface area is 133 Å². The van der Waals surface area contributed by atoms with Crippen LogP contribution in [0.15, 0.2) is 42.6 Å². The van der Waals surface area contributed by atoms with E-state index in [1.54, 1.807) is 6.07 Å². The average Bonchev–Trinajstić information content (AvgIpc) is 2.45. The highest BCUT2D eigenvalue weighted by Crippen LogP contribution is 2.11. The van der Waals surface area contributed by atoms with Crippen LogP contribution < -0.4 is 10.6 Å². The lowest BCUT2D eigenvalue weighted by molar-refractivity contribution is 0.0919. The summed E-state index contributed by atoms with van der Waals surface area (Å²) in [5, 5.41) is 5.35. The van der Waals surface area contributed by atoms with Crippen molar-refractivity contribution in [2.24, 2.45) is 0 Å². The molecule has 23 heavy (non-hydrogen) atoms. The van der Waals surface area contributed by atoms with Crippen LogP contribution in [0.2, 0.25) is 0 Å². The topological polar surface area (TPSA) is 71.1 Å². The van der Waals surface area contributed by atoms with Gasteiger partial charge in [-0.15, -0.1) is 0 Å². The van der Waals surface area contributed by atoms with Crippen molar-refractivity contribution in [1.29, 1.82) is 0 Å². The number of rotatable bonds is 3. The SMILES string of the molecule is CC(C)(C)NC(=O)c1ccnc(C(=O)Nc2cccc(F)c2)c1. The van der Waals surface area contributed by atoms with Crippen LogP contribution >= 0.6 is 0 Å². The molecule has 0 atom stereocenters. The van der Waals surface area contributed by atoms with E-state index in [0.29, 0.717) is 11.3 Å². The second-order valence-corrected chi connectivity index (χ2v) is 6.10. The first-order chi connectivity index (χ1) is 10.7. The lowest BCUT2D eigenvalue weighted by Gasteiger charge is -2.20. The third-order valence-corrected chi connectivity index (χ3v) is 2.83. The molecule has 0 aliphatic carbocycles. The molecule has 2 aromatic rings. The molecule has 2 amide bonds. The van der Waals surface area contributed by atoms with E-state index in [4.69, 9.17) is 0 Å². The molecule has 1 heterocycles. The maximum absolute atomic E-state index is 13.1. The van der Waals surface area contributed by atoms with Gasteiger partial charge in [0.15, 0.2) is 0 Å². The molecular weight excluding hydrogens is 297 g/mol. The van der Waals surface area contributed by atoms with E-state index in [1.165, 1.54) is 36.5 Å². The van der Waals surface area contributed by atoms with E-state index in [2.05, 4.69) is 15.6 Å². The number of hydrogen-bond donors (Lipinski definition) is 2. The second kappa shape index (κ2) is 6.56. The van der Waals surface area contributed by atoms with Crippen LogP contribution in [-0.2, 0) is 0 Å². The van der Waals surface area contributed by atoms with Gasteiger partial charge in [-0.3, -0.25) is 14.6 Å². The van der Waals surface area contributed by atoms with Crippen molar-refractivity contribution in [1.82, 2.24) is 10.3 Å². The molecule has 0 fully saturated rings. The predicted molar refractivity (Wildman–Crippen MR) is 85.8 cm³/mol. The van der Waals surface area contributed by atoms with Crippen molar-refractivity contribution >= 4 is 17.5 Å². The molecule has 2 N–H and O–H groups in total. The number of halogens is 1. The van der Waals surface area contributed by atoms with E-state index < -0.39 is 11.7 Å². The summed E-state index contributed by atoms with van der Waals surface area (Å²) in [4.78, 5) is 28.2. The standard InChI is InChI=1S/C17H18FN3O2/c1-17(2,3)21-15(22)11-7-8-19-14(9-11)16(23)20-13-6-4-5-12(18)10-13/h4-10H,1-3H3,(H,20,23)(H,21,22). The molecule has 5 nitrogen and oxygen atoms in total. The number of nitrogens with zero attached hydrogens (tertiary/aromatic N) is 1. The highest BCUT2D eigenvalue weighted by molar-refractivity contribution is 6.04. The molecule has 120 valence electrons. The van der Waals surface area contributed by atoms with Crippen LogP contribution in [0, 0.1) is 5.82 Å². The second-order valence-electron chi connectivity index (χ2n) is 6.10. The van der Waals surface area contributed by atoms with Crippen molar-refractivity contribution in [3.63, 3.8) is 0 Å². The number of aromatic nitrogens is 1. The maximum Gasteiger partial charge on any atom is 0.274 e. The average molecular weight is 315 g/mol. The molecule has 0 aliphatic heterocycles. The lowest BCUT2D eigenvalue weighted by atomic mass is 10.1. The minimum atomic E-state index is -0.513. The van der Waals surface area contributed by atoms with Crippen LogP contribution in [0.3, 0.4) is 0 Å². The largest absolute Gasteiger partial charge is 0.347 e. The predicted octanol–water partition coefficient (Wildman–Crippen LogP) is 3.00. The van der Waals surface area contributed by atoms with Crippen LogP contribution in [0.1, 0.15) is 41.6 Å². The number of carbonyl (C=O) groups is 2. The molecule has 2 rings (SSSR count). The number of hydrogen-bond acceptors (Lipinski definition) is 3. The smallest absolute Gasteiger partial charge is 0.274 e. The summed E-state index contributed by atoms with van der Waals surface area (Å²) in [7, 11) is 0. The first-order valence-corrected chi connectivity index (χ1v) is 7.10. The first-order valence-electron chi connectivity index (χ1n) is 7.10. The molecule has 0 spiro atoms. The van der Waals surface area contributed by atoms with Gasteiger partial charge in [-0.05, 0) is 51.1 Å². The Morgan fingerprint density at radius 3 is 2.48 bits per heavy atom. The van der Waals surface area contributed by atoms with Gasteiger partial charge < -0.3 is 10.6 Å². The molecule has 0 radical (unpaired) electrons. The van der Waals surface area contributed by atoms with Gasteiger partial charge in [0.05, 0.1) is 0 Å². The Balaban J connectivity index is 2.16. The van der Waals surface area contributed by atoms with Crippen LogP contribution in [0.5, 0.6) is 0 Å². The van der Waals surface area contributed by atoms with Gasteiger partial charge in [0.25, 0.3) is 11.8 Å². The Kier molecular flexibility index (Phi) is 4.74. The Morgan fingerprint density at radius 1 is 1.09 bits per heavy atom. The third kappa shape index (κ3) is 4.88. The van der Waals surface area contributed by atoms with Gasteiger partial charge in [0.2, 0.25) is 0 Å². The summed E-state index contributed by atoms with van der Waals surface area (Å²) in [6, 6.07) is 8.47. The first kappa shape index (κ1) is 16.6. The highest BCUT2D eigenvalue weighted by atomic mass is 19.1. The Morgan fingerprint density at radius 2 is 1.83 bits per heavy atom. The summed E-state index contributed by atoms with van der Waals surface area (Å²) < 4.78 is 13.1. The third-order valence-electron chi connectivity index (χ3n) is 2.83. The van der Waals surface area contributed by atoms with Crippen LogP contribution in [-0.4, -0.2) is 22.3 Å². The van der Waals surface area contributed by atoms with E-state index in [-0.39, 0.29) is 17.1 Å². The zero-order valence-electron chi connectivity index (χ0n) is 13.2. The Hall–Kier alpha value is -2.76. The zero-order valence-corrected chi connectivity index (χ0v) is 13.2. The van der Waals surface area contributed by atoms with Crippen molar-refractivity contribution in [3.05, 3.63) is 59.7 Å². The molecule has 0 unspecified atom stereocenters. The molecule has 1 aromatic heterocycles. The summed E-state index contributed by atoms with van der Waals surface area (Å²) >= 11 is 0. The van der Waals surface area contributed by atoms with Crippen LogP contribution in [0.4, 0.5) is 10.1 Å². The number of anilines is 1. The lowest BCUT2D eigenvalue weighted by Crippen LogP contribution is -2.40. The fourth-order valence-electron chi connectivity index (χ4n) is 1.87. The van der Waals surface area contributed by atoms with E-state index >= 15 is 0 Å². The number of carbonyl (C=O) groups excluding carboxylic acids is 2. The number of nitrogens with one attached hydrogen (secondary N) is 2. The number of amides is 2. The molecule has 0 saturated heterocycles. The monoisotopic (exact) mass is 315 g/mol. The van der Waals surface area contributed by atoms with Gasteiger partial charge in [0.1, 0.15) is 11.5 Å². The van der Waals surface area contributed by atoms with Crippen molar-refractivity contribution < 1.29 is 14.0 Å². The fraction of sp³-hybridized carbons (Fsp3) is 0.235. The summed E-state index contributed by atoms with van der Waals surface area (Å²) in [5.74, 6) is -1.25. The van der Waals surface area contributed by atoms with E-state index in [0.717, 1.165) is 0 Å². The zero-order chi connectivity index (χ0) is 17.0. The van der Waals surface area contributed by atoms with Crippen LogP contribution in [0.25, 0.3) is 0 Å². The summed E-state index contributed by atoms with van der Waals surface area (Å²) in [6.45, 7) is 5.59. The van der Waals surface area contributed by atoms with E-state index in [1.807, 2.05) is 20.8 Å². The minimum absolute atomic E-state index is 0.0795. The normalized spacial score (nSPS) is 11.0. The quantitative estimate of drug-likeness (QED) is 0.914. The van der Waals surface area contributed by atoms with Gasteiger partial charge in [-0.25, -0.2) is 4.39 Å². The fourth-order valence-corrected chi connectivity index (χ4v) is 1.87. The Bertz CT molecular complexity index is 739. The minimum Gasteiger partial charge on any atom is -0.347 e. The van der Waals surface area contributed by atoms with E-state index in [9.17, 15) is 14.0 Å².